The van der Waals surface area contributed by atoms with Crippen LogP contribution in [0, 0.1) is 12.8 Å². The molecule has 0 saturated carbocycles. The number of benzene rings is 1. The molecule has 0 aromatic heterocycles. The molecule has 1 fully saturated rings. The number of hydrogen-bond donors (Lipinski definition) is 2. The summed E-state index contributed by atoms with van der Waals surface area (Å²) in [6.07, 6.45) is 2.08. The van der Waals surface area contributed by atoms with E-state index in [1.54, 1.807) is 18.2 Å². The lowest BCUT2D eigenvalue weighted by molar-refractivity contribution is 0.372. The zero-order chi connectivity index (χ0) is 13.0. The van der Waals surface area contributed by atoms with Crippen LogP contribution in [-0.4, -0.2) is 28.1 Å². The molecule has 5 heteroatoms. The van der Waals surface area contributed by atoms with E-state index in [0.717, 1.165) is 31.5 Å². The summed E-state index contributed by atoms with van der Waals surface area (Å²) in [5.74, 6) is 0.450. The third kappa shape index (κ3) is 3.54. The van der Waals surface area contributed by atoms with E-state index in [2.05, 4.69) is 10.0 Å². The van der Waals surface area contributed by atoms with Crippen molar-refractivity contribution in [3.05, 3.63) is 29.8 Å². The lowest BCUT2D eigenvalue weighted by Gasteiger charge is -2.22. The average Bonchev–Trinajstić information content (AvgIpc) is 2.38. The molecule has 1 aliphatic rings. The van der Waals surface area contributed by atoms with E-state index in [4.69, 9.17) is 0 Å². The molecule has 18 heavy (non-hydrogen) atoms. The van der Waals surface area contributed by atoms with Crippen molar-refractivity contribution in [3.8, 4) is 0 Å². The van der Waals surface area contributed by atoms with Crippen molar-refractivity contribution < 1.29 is 8.42 Å². The monoisotopic (exact) mass is 268 g/mol. The molecule has 1 aromatic carbocycles. The fourth-order valence-electron chi connectivity index (χ4n) is 2.18. The maximum absolute atomic E-state index is 12.1. The second-order valence-corrected chi connectivity index (χ2v) is 6.63. The van der Waals surface area contributed by atoms with Crippen LogP contribution in [0.2, 0.25) is 0 Å². The topological polar surface area (TPSA) is 58.2 Å². The van der Waals surface area contributed by atoms with E-state index in [1.807, 2.05) is 13.0 Å². The molecular formula is C13H20N2O2S. The molecule has 1 aliphatic heterocycles. The van der Waals surface area contributed by atoms with Gasteiger partial charge in [0.25, 0.3) is 0 Å². The van der Waals surface area contributed by atoms with E-state index < -0.39 is 10.0 Å². The number of aryl methyl sites for hydroxylation is 1. The van der Waals surface area contributed by atoms with Crippen LogP contribution < -0.4 is 10.0 Å². The highest BCUT2D eigenvalue weighted by molar-refractivity contribution is 7.89. The predicted molar refractivity (Wildman–Crippen MR) is 72.0 cm³/mol. The molecular weight excluding hydrogens is 248 g/mol. The Labute approximate surface area is 109 Å². The summed E-state index contributed by atoms with van der Waals surface area (Å²) in [4.78, 5) is 0.358. The smallest absolute Gasteiger partial charge is 0.240 e. The van der Waals surface area contributed by atoms with E-state index in [-0.39, 0.29) is 0 Å². The Kier molecular flexibility index (Phi) is 4.37. The number of piperidine rings is 1. The molecule has 4 nitrogen and oxygen atoms in total. The summed E-state index contributed by atoms with van der Waals surface area (Å²) in [6.45, 7) is 4.40. The van der Waals surface area contributed by atoms with Gasteiger partial charge in [0, 0.05) is 6.54 Å². The quantitative estimate of drug-likeness (QED) is 0.864. The zero-order valence-electron chi connectivity index (χ0n) is 10.6. The summed E-state index contributed by atoms with van der Waals surface area (Å²) >= 11 is 0. The lowest BCUT2D eigenvalue weighted by Crippen LogP contribution is -2.35. The first-order valence-corrected chi connectivity index (χ1v) is 7.83. The Morgan fingerprint density at radius 2 is 2.06 bits per heavy atom. The molecule has 0 bridgehead atoms. The van der Waals surface area contributed by atoms with Crippen molar-refractivity contribution in [1.29, 1.82) is 0 Å². The molecule has 0 atom stereocenters. The highest BCUT2D eigenvalue weighted by Crippen LogP contribution is 2.14. The molecule has 1 saturated heterocycles. The van der Waals surface area contributed by atoms with Gasteiger partial charge in [0.15, 0.2) is 0 Å². The number of rotatable bonds is 4. The highest BCUT2D eigenvalue weighted by atomic mass is 32.2. The van der Waals surface area contributed by atoms with Gasteiger partial charge in [0.2, 0.25) is 10.0 Å². The molecule has 1 heterocycles. The molecule has 100 valence electrons. The van der Waals surface area contributed by atoms with Gasteiger partial charge < -0.3 is 5.32 Å². The molecule has 0 radical (unpaired) electrons. The predicted octanol–water partition coefficient (Wildman–Crippen LogP) is 1.27. The standard InChI is InChI=1S/C13H20N2O2S/c1-11-3-2-4-13(9-11)18(16,17)15-10-12-5-7-14-8-6-12/h2-4,9,12,14-15H,5-8,10H2,1H3. The summed E-state index contributed by atoms with van der Waals surface area (Å²) in [5.41, 5.74) is 0.958. The normalized spacial score (nSPS) is 17.8. The first-order valence-electron chi connectivity index (χ1n) is 6.35. The lowest BCUT2D eigenvalue weighted by atomic mass is 9.99. The van der Waals surface area contributed by atoms with Gasteiger partial charge in [-0.25, -0.2) is 13.1 Å². The van der Waals surface area contributed by atoms with E-state index >= 15 is 0 Å². The van der Waals surface area contributed by atoms with Crippen LogP contribution in [0.5, 0.6) is 0 Å². The van der Waals surface area contributed by atoms with Gasteiger partial charge in [0.1, 0.15) is 0 Å². The first kappa shape index (κ1) is 13.5. The zero-order valence-corrected chi connectivity index (χ0v) is 11.5. The van der Waals surface area contributed by atoms with Gasteiger partial charge in [-0.2, -0.15) is 0 Å². The molecule has 1 aromatic rings. The largest absolute Gasteiger partial charge is 0.317 e. The van der Waals surface area contributed by atoms with Crippen molar-refractivity contribution in [2.24, 2.45) is 5.92 Å². The molecule has 2 rings (SSSR count). The molecule has 0 unspecified atom stereocenters. The van der Waals surface area contributed by atoms with Crippen LogP contribution in [0.25, 0.3) is 0 Å². The highest BCUT2D eigenvalue weighted by Gasteiger charge is 2.18. The van der Waals surface area contributed by atoms with Gasteiger partial charge in [-0.1, -0.05) is 12.1 Å². The summed E-state index contributed by atoms with van der Waals surface area (Å²) < 4.78 is 26.9. The van der Waals surface area contributed by atoms with Crippen molar-refractivity contribution in [2.45, 2.75) is 24.7 Å². The van der Waals surface area contributed by atoms with Gasteiger partial charge in [-0.3, -0.25) is 0 Å². The average molecular weight is 268 g/mol. The number of sulfonamides is 1. The SMILES string of the molecule is Cc1cccc(S(=O)(=O)NCC2CCNCC2)c1. The summed E-state index contributed by atoms with van der Waals surface area (Å²) in [5, 5.41) is 3.27. The Hall–Kier alpha value is -0.910. The van der Waals surface area contributed by atoms with Gasteiger partial charge in [-0.15, -0.1) is 0 Å². The minimum Gasteiger partial charge on any atom is -0.317 e. The minimum absolute atomic E-state index is 0.358. The Morgan fingerprint density at radius 1 is 1.33 bits per heavy atom. The van der Waals surface area contributed by atoms with Crippen molar-refractivity contribution in [2.75, 3.05) is 19.6 Å². The number of nitrogens with one attached hydrogen (secondary N) is 2. The minimum atomic E-state index is -3.35. The van der Waals surface area contributed by atoms with Gasteiger partial charge in [-0.05, 0) is 56.5 Å². The molecule has 0 aliphatic carbocycles. The van der Waals surface area contributed by atoms with Crippen LogP contribution in [-0.2, 0) is 10.0 Å². The number of hydrogen-bond acceptors (Lipinski definition) is 3. The van der Waals surface area contributed by atoms with E-state index in [9.17, 15) is 8.42 Å². The Balaban J connectivity index is 1.98. The summed E-state index contributed by atoms with van der Waals surface area (Å²) in [7, 11) is -3.35. The van der Waals surface area contributed by atoms with Crippen LogP contribution in [0.3, 0.4) is 0 Å². The van der Waals surface area contributed by atoms with Gasteiger partial charge >= 0.3 is 0 Å². The maximum Gasteiger partial charge on any atom is 0.240 e. The molecule has 2 N–H and O–H groups in total. The second kappa shape index (κ2) is 5.82. The Bertz CT molecular complexity index is 493. The van der Waals surface area contributed by atoms with Crippen LogP contribution >= 0.6 is 0 Å². The van der Waals surface area contributed by atoms with Crippen LogP contribution in [0.1, 0.15) is 18.4 Å². The third-order valence-electron chi connectivity index (χ3n) is 3.32. The summed E-state index contributed by atoms with van der Waals surface area (Å²) in [6, 6.07) is 7.00. The Morgan fingerprint density at radius 3 is 2.72 bits per heavy atom. The molecule has 0 amide bonds. The third-order valence-corrected chi connectivity index (χ3v) is 4.74. The maximum atomic E-state index is 12.1. The molecule has 0 spiro atoms. The van der Waals surface area contributed by atoms with Crippen LogP contribution in [0.15, 0.2) is 29.2 Å². The van der Waals surface area contributed by atoms with Gasteiger partial charge in [0.05, 0.1) is 4.90 Å². The van der Waals surface area contributed by atoms with E-state index in [0.29, 0.717) is 17.4 Å². The van der Waals surface area contributed by atoms with Crippen molar-refractivity contribution >= 4 is 10.0 Å². The van der Waals surface area contributed by atoms with Crippen molar-refractivity contribution in [3.63, 3.8) is 0 Å². The van der Waals surface area contributed by atoms with E-state index in [1.165, 1.54) is 0 Å². The fraction of sp³-hybridized carbons (Fsp3) is 0.538. The van der Waals surface area contributed by atoms with Crippen LogP contribution in [0.4, 0.5) is 0 Å². The fourth-order valence-corrected chi connectivity index (χ4v) is 3.40. The van der Waals surface area contributed by atoms with Crippen molar-refractivity contribution in [1.82, 2.24) is 10.0 Å². The second-order valence-electron chi connectivity index (χ2n) is 4.86. The first-order chi connectivity index (χ1) is 8.58.